The molecule has 0 bridgehead atoms. The third-order valence-corrected chi connectivity index (χ3v) is 5.65. The zero-order chi connectivity index (χ0) is 18.2. The van der Waals surface area contributed by atoms with Gasteiger partial charge in [0.15, 0.2) is 0 Å². The molecule has 0 radical (unpaired) electrons. The molecule has 0 spiro atoms. The number of carbonyl (C=O) groups excluding carboxylic acids is 2. The summed E-state index contributed by atoms with van der Waals surface area (Å²) < 4.78 is 0. The number of likely N-dealkylation sites (tertiary alicyclic amines) is 1. The van der Waals surface area contributed by atoms with Crippen molar-refractivity contribution >= 4 is 36.0 Å². The van der Waals surface area contributed by atoms with Crippen LogP contribution in [-0.4, -0.2) is 48.6 Å². The Morgan fingerprint density at radius 1 is 1.31 bits per heavy atom. The van der Waals surface area contributed by atoms with E-state index in [1.807, 2.05) is 4.90 Å². The van der Waals surface area contributed by atoms with E-state index in [1.165, 1.54) is 16.0 Å². The second-order valence-corrected chi connectivity index (χ2v) is 7.77. The Hall–Kier alpha value is -1.24. The van der Waals surface area contributed by atoms with Crippen molar-refractivity contribution in [1.82, 2.24) is 10.2 Å². The number of nitrogens with zero attached hydrogens (tertiary/aromatic N) is 1. The minimum absolute atomic E-state index is 0. The van der Waals surface area contributed by atoms with Gasteiger partial charge in [0.05, 0.1) is 5.92 Å². The zero-order valence-corrected chi connectivity index (χ0v) is 17.3. The van der Waals surface area contributed by atoms with Crippen LogP contribution in [0.2, 0.25) is 0 Å². The van der Waals surface area contributed by atoms with Gasteiger partial charge in [0.25, 0.3) is 0 Å². The molecule has 1 heterocycles. The second-order valence-electron chi connectivity index (χ2n) is 6.60. The molecule has 1 aromatic carbocycles. The molecule has 1 aliphatic rings. The Bertz CT molecular complexity index is 612. The van der Waals surface area contributed by atoms with E-state index in [9.17, 15) is 9.59 Å². The molecule has 2 rings (SSSR count). The molecule has 7 heteroatoms. The number of nitrogens with two attached hydrogens (primary N) is 1. The van der Waals surface area contributed by atoms with Crippen LogP contribution >= 0.6 is 24.2 Å². The fourth-order valence-corrected chi connectivity index (χ4v) is 3.91. The molecule has 1 unspecified atom stereocenters. The van der Waals surface area contributed by atoms with Gasteiger partial charge in [-0.15, -0.1) is 24.2 Å². The van der Waals surface area contributed by atoms with Gasteiger partial charge in [-0.1, -0.05) is 6.07 Å². The number of halogens is 1. The van der Waals surface area contributed by atoms with Gasteiger partial charge >= 0.3 is 0 Å². The topological polar surface area (TPSA) is 75.4 Å². The molecular weight excluding hydrogens is 370 g/mol. The third-order valence-electron chi connectivity index (χ3n) is 4.65. The van der Waals surface area contributed by atoms with Gasteiger partial charge in [-0.05, 0) is 49.9 Å². The van der Waals surface area contributed by atoms with Crippen molar-refractivity contribution < 1.29 is 9.59 Å². The maximum absolute atomic E-state index is 12.5. The summed E-state index contributed by atoms with van der Waals surface area (Å²) in [6.45, 7) is 6.43. The SMILES string of the molecule is Cc1ccc(SCCC(=O)N2CCCC(C(=O)NCCN)C2)cc1C.Cl. The van der Waals surface area contributed by atoms with Crippen LogP contribution in [0.3, 0.4) is 0 Å². The zero-order valence-electron chi connectivity index (χ0n) is 15.6. The van der Waals surface area contributed by atoms with Gasteiger partial charge in [-0.2, -0.15) is 0 Å². The van der Waals surface area contributed by atoms with E-state index < -0.39 is 0 Å². The summed E-state index contributed by atoms with van der Waals surface area (Å²) in [5.74, 6) is 0.832. The molecule has 5 nitrogen and oxygen atoms in total. The highest BCUT2D eigenvalue weighted by Crippen LogP contribution is 2.23. The van der Waals surface area contributed by atoms with Crippen molar-refractivity contribution in [2.24, 2.45) is 11.7 Å². The first-order chi connectivity index (χ1) is 12.0. The summed E-state index contributed by atoms with van der Waals surface area (Å²) in [5.41, 5.74) is 7.98. The maximum Gasteiger partial charge on any atom is 0.224 e. The normalized spacial score (nSPS) is 16.7. The van der Waals surface area contributed by atoms with Crippen LogP contribution in [0.25, 0.3) is 0 Å². The highest BCUT2D eigenvalue weighted by atomic mass is 35.5. The number of thioether (sulfide) groups is 1. The van der Waals surface area contributed by atoms with Crippen molar-refractivity contribution in [3.8, 4) is 0 Å². The number of hydrogen-bond acceptors (Lipinski definition) is 4. The number of hydrogen-bond donors (Lipinski definition) is 2. The number of carbonyl (C=O) groups is 2. The predicted octanol–water partition coefficient (Wildman–Crippen LogP) is 2.52. The van der Waals surface area contributed by atoms with E-state index >= 15 is 0 Å². The van der Waals surface area contributed by atoms with Gasteiger partial charge in [0, 0.05) is 43.2 Å². The molecule has 1 aliphatic heterocycles. The molecule has 0 aromatic heterocycles. The van der Waals surface area contributed by atoms with Crippen LogP contribution in [0.4, 0.5) is 0 Å². The molecular formula is C19H30ClN3O2S. The lowest BCUT2D eigenvalue weighted by atomic mass is 9.97. The smallest absolute Gasteiger partial charge is 0.224 e. The number of aryl methyl sites for hydroxylation is 2. The number of piperidine rings is 1. The number of amides is 2. The lowest BCUT2D eigenvalue weighted by Crippen LogP contribution is -2.46. The molecule has 0 saturated carbocycles. The second kappa shape index (κ2) is 11.5. The highest BCUT2D eigenvalue weighted by molar-refractivity contribution is 7.99. The summed E-state index contributed by atoms with van der Waals surface area (Å²) in [6, 6.07) is 6.40. The Labute approximate surface area is 166 Å². The Balaban J connectivity index is 0.00000338. The monoisotopic (exact) mass is 399 g/mol. The number of benzene rings is 1. The van der Waals surface area contributed by atoms with Gasteiger partial charge in [-0.3, -0.25) is 9.59 Å². The van der Waals surface area contributed by atoms with Gasteiger partial charge in [-0.25, -0.2) is 0 Å². The van der Waals surface area contributed by atoms with E-state index in [4.69, 9.17) is 5.73 Å². The summed E-state index contributed by atoms with van der Waals surface area (Å²) in [7, 11) is 0. The quantitative estimate of drug-likeness (QED) is 0.691. The van der Waals surface area contributed by atoms with Crippen molar-refractivity contribution in [1.29, 1.82) is 0 Å². The summed E-state index contributed by atoms with van der Waals surface area (Å²) >= 11 is 1.71. The van der Waals surface area contributed by atoms with Gasteiger partial charge in [0.2, 0.25) is 11.8 Å². The van der Waals surface area contributed by atoms with E-state index in [1.54, 1.807) is 11.8 Å². The first-order valence-corrected chi connectivity index (χ1v) is 9.95. The van der Waals surface area contributed by atoms with Crippen molar-refractivity contribution in [3.63, 3.8) is 0 Å². The molecule has 0 aliphatic carbocycles. The Morgan fingerprint density at radius 2 is 2.08 bits per heavy atom. The molecule has 26 heavy (non-hydrogen) atoms. The summed E-state index contributed by atoms with van der Waals surface area (Å²) in [5, 5.41) is 2.83. The lowest BCUT2D eigenvalue weighted by Gasteiger charge is -2.32. The minimum atomic E-state index is -0.100. The van der Waals surface area contributed by atoms with Crippen LogP contribution < -0.4 is 11.1 Å². The van der Waals surface area contributed by atoms with Crippen molar-refractivity contribution in [2.75, 3.05) is 31.9 Å². The fraction of sp³-hybridized carbons (Fsp3) is 0.579. The van der Waals surface area contributed by atoms with Crippen molar-refractivity contribution in [3.05, 3.63) is 29.3 Å². The summed E-state index contributed by atoms with van der Waals surface area (Å²) in [6.07, 6.45) is 2.24. The van der Waals surface area contributed by atoms with Gasteiger partial charge in [0.1, 0.15) is 0 Å². The molecule has 1 atom stereocenters. The third kappa shape index (κ3) is 6.82. The molecule has 3 N–H and O–H groups in total. The molecule has 1 aromatic rings. The van der Waals surface area contributed by atoms with Crippen LogP contribution in [-0.2, 0) is 9.59 Å². The number of rotatable bonds is 7. The predicted molar refractivity (Wildman–Crippen MR) is 110 cm³/mol. The summed E-state index contributed by atoms with van der Waals surface area (Å²) in [4.78, 5) is 27.6. The first kappa shape index (κ1) is 22.8. The lowest BCUT2D eigenvalue weighted by molar-refractivity contribution is -0.135. The molecule has 1 saturated heterocycles. The highest BCUT2D eigenvalue weighted by Gasteiger charge is 2.27. The van der Waals surface area contributed by atoms with E-state index in [0.717, 1.165) is 25.1 Å². The Morgan fingerprint density at radius 3 is 2.77 bits per heavy atom. The van der Waals surface area contributed by atoms with E-state index in [2.05, 4.69) is 37.4 Å². The van der Waals surface area contributed by atoms with E-state index in [-0.39, 0.29) is 30.1 Å². The maximum atomic E-state index is 12.5. The largest absolute Gasteiger partial charge is 0.355 e. The minimum Gasteiger partial charge on any atom is -0.355 e. The van der Waals surface area contributed by atoms with Crippen LogP contribution in [0.5, 0.6) is 0 Å². The number of nitrogens with one attached hydrogen (secondary N) is 1. The molecule has 2 amide bonds. The molecule has 146 valence electrons. The van der Waals surface area contributed by atoms with Crippen molar-refractivity contribution in [2.45, 2.75) is 38.0 Å². The Kier molecular flexibility index (Phi) is 10.1. The van der Waals surface area contributed by atoms with Crippen LogP contribution in [0.1, 0.15) is 30.4 Å². The average Bonchev–Trinajstić information content (AvgIpc) is 2.62. The molecule has 1 fully saturated rings. The first-order valence-electron chi connectivity index (χ1n) is 8.97. The standard InChI is InChI=1S/C19H29N3O2S.ClH/c1-14-5-6-17(12-15(14)2)25-11-7-18(23)22-10-3-4-16(13-22)19(24)21-9-8-20;/h5-6,12,16H,3-4,7-11,13,20H2,1-2H3,(H,21,24);1H. The van der Waals surface area contributed by atoms with Crippen LogP contribution in [0, 0.1) is 19.8 Å². The van der Waals surface area contributed by atoms with E-state index in [0.29, 0.717) is 26.1 Å². The van der Waals surface area contributed by atoms with Gasteiger partial charge < -0.3 is 16.0 Å². The fourth-order valence-electron chi connectivity index (χ4n) is 2.98. The average molecular weight is 400 g/mol. The van der Waals surface area contributed by atoms with Crippen LogP contribution in [0.15, 0.2) is 23.1 Å².